The van der Waals surface area contributed by atoms with Crippen LogP contribution in [0.1, 0.15) is 39.0 Å². The second kappa shape index (κ2) is 5.38. The van der Waals surface area contributed by atoms with Crippen LogP contribution in [0.3, 0.4) is 0 Å². The van der Waals surface area contributed by atoms with E-state index in [1.54, 1.807) is 0 Å². The van der Waals surface area contributed by atoms with Crippen LogP contribution in [-0.2, 0) is 4.79 Å². The normalized spacial score (nSPS) is 32.8. The zero-order valence-corrected chi connectivity index (χ0v) is 11.2. The summed E-state index contributed by atoms with van der Waals surface area (Å²) in [5.41, 5.74) is 5.56. The molecule has 0 heterocycles. The second-order valence-corrected chi connectivity index (χ2v) is 6.25. The molecule has 4 unspecified atom stereocenters. The average Bonchev–Trinajstić information content (AvgIpc) is 2.90. The number of fused-ring (bicyclic) bond motifs is 2. The molecule has 0 aromatic carbocycles. The first kappa shape index (κ1) is 12.9. The number of hydrogen-bond donors (Lipinski definition) is 1. The van der Waals surface area contributed by atoms with Gasteiger partial charge in [0.1, 0.15) is 0 Å². The number of hydrogen-bond acceptors (Lipinski definition) is 2. The minimum atomic E-state index is 0.269. The van der Waals surface area contributed by atoms with E-state index in [2.05, 4.69) is 0 Å². The van der Waals surface area contributed by atoms with Crippen molar-refractivity contribution in [1.82, 2.24) is 4.90 Å². The highest BCUT2D eigenvalue weighted by atomic mass is 16.2. The number of carbonyl (C=O) groups excluding carboxylic acids is 1. The lowest BCUT2D eigenvalue weighted by atomic mass is 9.88. The number of amides is 1. The minimum Gasteiger partial charge on any atom is -0.345 e. The van der Waals surface area contributed by atoms with Crippen LogP contribution >= 0.6 is 0 Å². The maximum absolute atomic E-state index is 12.0. The van der Waals surface area contributed by atoms with E-state index in [1.807, 2.05) is 18.9 Å². The number of carbonyl (C=O) groups is 1. The molecule has 2 saturated carbocycles. The molecule has 2 aliphatic carbocycles. The van der Waals surface area contributed by atoms with E-state index in [0.717, 1.165) is 24.3 Å². The predicted molar refractivity (Wildman–Crippen MR) is 69.4 cm³/mol. The van der Waals surface area contributed by atoms with Crippen LogP contribution in [0.25, 0.3) is 0 Å². The van der Waals surface area contributed by atoms with E-state index in [4.69, 9.17) is 5.73 Å². The summed E-state index contributed by atoms with van der Waals surface area (Å²) in [6.45, 7) is 3.62. The van der Waals surface area contributed by atoms with Crippen molar-refractivity contribution in [2.45, 2.75) is 39.0 Å². The van der Waals surface area contributed by atoms with Crippen molar-refractivity contribution in [3.63, 3.8) is 0 Å². The van der Waals surface area contributed by atoms with Gasteiger partial charge in [0.05, 0.1) is 0 Å². The third kappa shape index (κ3) is 3.01. The van der Waals surface area contributed by atoms with E-state index >= 15 is 0 Å². The van der Waals surface area contributed by atoms with E-state index in [1.165, 1.54) is 25.7 Å². The van der Waals surface area contributed by atoms with Gasteiger partial charge in [0.15, 0.2) is 0 Å². The van der Waals surface area contributed by atoms with Gasteiger partial charge >= 0.3 is 0 Å². The van der Waals surface area contributed by atoms with Gasteiger partial charge in [-0.05, 0) is 49.5 Å². The summed E-state index contributed by atoms with van der Waals surface area (Å²) >= 11 is 0. The first-order valence-electron chi connectivity index (χ1n) is 7.04. The van der Waals surface area contributed by atoms with Crippen molar-refractivity contribution < 1.29 is 4.79 Å². The fraction of sp³-hybridized carbons (Fsp3) is 0.929. The molecular weight excluding hydrogens is 212 g/mol. The SMILES string of the molecule is CC(CN)CC(=O)N(C)CC1CC2CCC1C2. The summed E-state index contributed by atoms with van der Waals surface area (Å²) in [5.74, 6) is 3.23. The summed E-state index contributed by atoms with van der Waals surface area (Å²) in [7, 11) is 1.96. The van der Waals surface area contributed by atoms with Crippen molar-refractivity contribution in [2.24, 2.45) is 29.4 Å². The molecule has 0 aromatic heterocycles. The Morgan fingerprint density at radius 2 is 2.18 bits per heavy atom. The molecule has 17 heavy (non-hydrogen) atoms. The zero-order chi connectivity index (χ0) is 12.4. The van der Waals surface area contributed by atoms with E-state index in [-0.39, 0.29) is 5.91 Å². The van der Waals surface area contributed by atoms with Crippen LogP contribution in [-0.4, -0.2) is 30.9 Å². The van der Waals surface area contributed by atoms with Gasteiger partial charge in [-0.3, -0.25) is 4.79 Å². The molecule has 4 atom stereocenters. The Balaban J connectivity index is 1.77. The molecule has 2 bridgehead atoms. The third-order valence-electron chi connectivity index (χ3n) is 4.74. The first-order chi connectivity index (χ1) is 8.10. The standard InChI is InChI=1S/C14H26N2O/c1-10(8-15)5-14(17)16(2)9-13-7-11-3-4-12(13)6-11/h10-13H,3-9,15H2,1-2H3. The van der Waals surface area contributed by atoms with E-state index in [9.17, 15) is 4.79 Å². The Hall–Kier alpha value is -0.570. The van der Waals surface area contributed by atoms with Crippen LogP contribution in [0.15, 0.2) is 0 Å². The second-order valence-electron chi connectivity index (χ2n) is 6.25. The van der Waals surface area contributed by atoms with Crippen LogP contribution in [0.2, 0.25) is 0 Å². The van der Waals surface area contributed by atoms with Crippen molar-refractivity contribution >= 4 is 5.91 Å². The molecule has 0 aromatic rings. The molecule has 0 radical (unpaired) electrons. The van der Waals surface area contributed by atoms with Gasteiger partial charge < -0.3 is 10.6 Å². The molecule has 3 nitrogen and oxygen atoms in total. The zero-order valence-electron chi connectivity index (χ0n) is 11.2. The van der Waals surface area contributed by atoms with Gasteiger partial charge in [-0.15, -0.1) is 0 Å². The molecule has 0 spiro atoms. The lowest BCUT2D eigenvalue weighted by Crippen LogP contribution is -2.35. The quantitative estimate of drug-likeness (QED) is 0.794. The molecule has 2 N–H and O–H groups in total. The Morgan fingerprint density at radius 3 is 2.71 bits per heavy atom. The summed E-state index contributed by atoms with van der Waals surface area (Å²) in [6, 6.07) is 0. The van der Waals surface area contributed by atoms with Crippen molar-refractivity contribution in [3.05, 3.63) is 0 Å². The molecule has 0 aliphatic heterocycles. The monoisotopic (exact) mass is 238 g/mol. The fourth-order valence-electron chi connectivity index (χ4n) is 3.59. The Labute approximate surface area is 105 Å². The highest BCUT2D eigenvalue weighted by Crippen LogP contribution is 2.48. The third-order valence-corrected chi connectivity index (χ3v) is 4.74. The highest BCUT2D eigenvalue weighted by Gasteiger charge is 2.40. The molecule has 3 heteroatoms. The molecule has 2 rings (SSSR count). The predicted octanol–water partition coefficient (Wildman–Crippen LogP) is 1.87. The first-order valence-corrected chi connectivity index (χ1v) is 7.04. The van der Waals surface area contributed by atoms with Crippen LogP contribution < -0.4 is 5.73 Å². The van der Waals surface area contributed by atoms with Gasteiger partial charge in [-0.2, -0.15) is 0 Å². The average molecular weight is 238 g/mol. The lowest BCUT2D eigenvalue weighted by molar-refractivity contribution is -0.131. The maximum Gasteiger partial charge on any atom is 0.222 e. The summed E-state index contributed by atoms with van der Waals surface area (Å²) in [6.07, 6.45) is 6.22. The van der Waals surface area contributed by atoms with Crippen molar-refractivity contribution in [1.29, 1.82) is 0 Å². The molecule has 2 aliphatic rings. The smallest absolute Gasteiger partial charge is 0.222 e. The summed E-state index contributed by atoms with van der Waals surface area (Å²) in [5, 5.41) is 0. The number of nitrogens with zero attached hydrogens (tertiary/aromatic N) is 1. The fourth-order valence-corrected chi connectivity index (χ4v) is 3.59. The maximum atomic E-state index is 12.0. The Bertz CT molecular complexity index is 279. The highest BCUT2D eigenvalue weighted by molar-refractivity contribution is 5.76. The molecule has 0 saturated heterocycles. The molecule has 1 amide bonds. The lowest BCUT2D eigenvalue weighted by Gasteiger charge is -2.27. The van der Waals surface area contributed by atoms with Crippen molar-refractivity contribution in [3.8, 4) is 0 Å². The molecular formula is C14H26N2O. The van der Waals surface area contributed by atoms with Gasteiger partial charge in [-0.25, -0.2) is 0 Å². The Kier molecular flexibility index (Phi) is 4.08. The van der Waals surface area contributed by atoms with Crippen LogP contribution in [0.4, 0.5) is 0 Å². The van der Waals surface area contributed by atoms with E-state index in [0.29, 0.717) is 18.9 Å². The minimum absolute atomic E-state index is 0.269. The van der Waals surface area contributed by atoms with Gasteiger partial charge in [0.25, 0.3) is 0 Å². The summed E-state index contributed by atoms with van der Waals surface area (Å²) in [4.78, 5) is 13.9. The van der Waals surface area contributed by atoms with Crippen LogP contribution in [0, 0.1) is 23.7 Å². The summed E-state index contributed by atoms with van der Waals surface area (Å²) < 4.78 is 0. The van der Waals surface area contributed by atoms with E-state index < -0.39 is 0 Å². The molecule has 98 valence electrons. The number of rotatable bonds is 5. The van der Waals surface area contributed by atoms with Gasteiger partial charge in [-0.1, -0.05) is 13.3 Å². The number of nitrogens with two attached hydrogens (primary N) is 1. The molecule has 2 fully saturated rings. The van der Waals surface area contributed by atoms with Crippen LogP contribution in [0.5, 0.6) is 0 Å². The Morgan fingerprint density at radius 1 is 1.41 bits per heavy atom. The van der Waals surface area contributed by atoms with Gasteiger partial charge in [0.2, 0.25) is 5.91 Å². The largest absolute Gasteiger partial charge is 0.345 e. The van der Waals surface area contributed by atoms with Crippen molar-refractivity contribution in [2.75, 3.05) is 20.1 Å². The topological polar surface area (TPSA) is 46.3 Å². The van der Waals surface area contributed by atoms with Gasteiger partial charge in [0, 0.05) is 20.0 Å².